The second-order valence-corrected chi connectivity index (χ2v) is 11.4. The summed E-state index contributed by atoms with van der Waals surface area (Å²) < 4.78 is 5.57. The first kappa shape index (κ1) is 30.7. The highest BCUT2D eigenvalue weighted by atomic mass is 35.5. The Bertz CT molecular complexity index is 1800. The minimum absolute atomic E-state index is 0.174. The molecule has 0 unspecified atom stereocenters. The van der Waals surface area contributed by atoms with Gasteiger partial charge in [-0.1, -0.05) is 71.2 Å². The van der Waals surface area contributed by atoms with Crippen LogP contribution < -0.4 is 20.8 Å². The number of hydrogen-bond donors (Lipinski definition) is 3. The van der Waals surface area contributed by atoms with Crippen molar-refractivity contribution < 1.29 is 14.3 Å². The number of ether oxygens (including phenoxy) is 1. The van der Waals surface area contributed by atoms with Gasteiger partial charge in [-0.2, -0.15) is 5.10 Å². The van der Waals surface area contributed by atoms with Gasteiger partial charge in [-0.25, -0.2) is 10.4 Å². The molecule has 0 aliphatic carbocycles. The number of thiazole rings is 1. The van der Waals surface area contributed by atoms with Crippen molar-refractivity contribution in [1.82, 2.24) is 10.4 Å². The van der Waals surface area contributed by atoms with E-state index in [1.54, 1.807) is 30.3 Å². The minimum Gasteiger partial charge on any atom is -0.481 e. The lowest BCUT2D eigenvalue weighted by atomic mass is 10.1. The van der Waals surface area contributed by atoms with Gasteiger partial charge in [0.25, 0.3) is 11.8 Å². The maximum Gasteiger partial charge on any atom is 0.271 e. The Morgan fingerprint density at radius 2 is 1.66 bits per heavy atom. The fraction of sp³-hybridized carbons (Fsp3) is 0.0909. The van der Waals surface area contributed by atoms with Crippen LogP contribution in [0.4, 0.5) is 16.5 Å². The fourth-order valence-electron chi connectivity index (χ4n) is 4.08. The Morgan fingerprint density at radius 3 is 2.36 bits per heavy atom. The third kappa shape index (κ3) is 8.02. The number of nitrogens with zero attached hydrogens (tertiary/aromatic N) is 2. The molecule has 1 aromatic heterocycles. The Morgan fingerprint density at radius 1 is 0.955 bits per heavy atom. The summed E-state index contributed by atoms with van der Waals surface area (Å²) in [6, 6.07) is 25.8. The molecule has 0 saturated carbocycles. The van der Waals surface area contributed by atoms with E-state index >= 15 is 0 Å². The van der Waals surface area contributed by atoms with Gasteiger partial charge in [-0.15, -0.1) is 11.3 Å². The molecule has 0 saturated heterocycles. The number of carbonyl (C=O) groups is 2. The molecule has 1 heterocycles. The predicted octanol–water partition coefficient (Wildman–Crippen LogP) is 8.26. The number of halogens is 2. The lowest BCUT2D eigenvalue weighted by Gasteiger charge is -2.12. The number of carbonyl (C=O) groups excluding carboxylic acids is 2. The SMILES string of the molecule is Cc1ccc(Nc2nc(-c3ccc(C(=O)N/N=C/c4cc(Cl)c(OCC(=O)Nc5ccccc5C)c(Cl)c4)cc3)cs2)cc1. The molecule has 5 aromatic rings. The molecule has 2 amide bonds. The maximum atomic E-state index is 12.6. The van der Waals surface area contributed by atoms with Gasteiger partial charge in [0.2, 0.25) is 0 Å². The van der Waals surface area contributed by atoms with Crippen molar-refractivity contribution in [2.45, 2.75) is 13.8 Å². The van der Waals surface area contributed by atoms with E-state index in [-0.39, 0.29) is 34.2 Å². The van der Waals surface area contributed by atoms with Gasteiger partial charge in [0.15, 0.2) is 17.5 Å². The van der Waals surface area contributed by atoms with Gasteiger partial charge in [0, 0.05) is 27.9 Å². The summed E-state index contributed by atoms with van der Waals surface area (Å²) in [6.07, 6.45) is 1.41. The molecule has 0 radical (unpaired) electrons. The number of aromatic nitrogens is 1. The summed E-state index contributed by atoms with van der Waals surface area (Å²) in [5.74, 6) is -0.559. The summed E-state index contributed by atoms with van der Waals surface area (Å²) in [5.41, 5.74) is 8.95. The number of anilines is 3. The second kappa shape index (κ2) is 14.2. The molecular weight excluding hydrogens is 617 g/mol. The van der Waals surface area contributed by atoms with Gasteiger partial charge < -0.3 is 15.4 Å². The average Bonchev–Trinajstić information content (AvgIpc) is 3.47. The quantitative estimate of drug-likeness (QED) is 0.105. The Labute approximate surface area is 268 Å². The number of amides is 2. The van der Waals surface area contributed by atoms with Gasteiger partial charge in [0.1, 0.15) is 0 Å². The molecule has 0 atom stereocenters. The van der Waals surface area contributed by atoms with Crippen LogP contribution in [-0.4, -0.2) is 29.6 Å². The third-order valence-electron chi connectivity index (χ3n) is 6.42. The van der Waals surface area contributed by atoms with Crippen LogP contribution in [0.5, 0.6) is 5.75 Å². The number of hydrogen-bond acceptors (Lipinski definition) is 7. The van der Waals surface area contributed by atoms with Crippen LogP contribution in [0.15, 0.2) is 95.4 Å². The zero-order valence-corrected chi connectivity index (χ0v) is 26.1. The van der Waals surface area contributed by atoms with E-state index in [0.717, 1.165) is 27.6 Å². The second-order valence-electron chi connectivity index (χ2n) is 9.77. The van der Waals surface area contributed by atoms with Crippen LogP contribution in [0, 0.1) is 13.8 Å². The highest BCUT2D eigenvalue weighted by Gasteiger charge is 2.13. The molecule has 0 aliphatic heterocycles. The van der Waals surface area contributed by atoms with Gasteiger partial charge in [-0.05, 0) is 67.4 Å². The molecule has 0 bridgehead atoms. The fourth-order valence-corrected chi connectivity index (χ4v) is 5.43. The summed E-state index contributed by atoms with van der Waals surface area (Å²) in [5, 5.41) is 13.3. The number of nitrogens with one attached hydrogen (secondary N) is 3. The van der Waals surface area contributed by atoms with Crippen molar-refractivity contribution >= 4 is 69.1 Å². The molecule has 5 rings (SSSR count). The third-order valence-corrected chi connectivity index (χ3v) is 7.74. The molecule has 0 aliphatic rings. The van der Waals surface area contributed by atoms with Crippen molar-refractivity contribution in [3.05, 3.63) is 123 Å². The summed E-state index contributed by atoms with van der Waals surface area (Å²) in [6.45, 7) is 3.67. The molecule has 44 heavy (non-hydrogen) atoms. The Balaban J connectivity index is 1.14. The average molecular weight is 645 g/mol. The van der Waals surface area contributed by atoms with Crippen molar-refractivity contribution in [2.24, 2.45) is 5.10 Å². The van der Waals surface area contributed by atoms with Crippen LogP contribution in [0.1, 0.15) is 27.0 Å². The van der Waals surface area contributed by atoms with E-state index in [2.05, 4.69) is 26.1 Å². The molecule has 0 spiro atoms. The molecule has 11 heteroatoms. The zero-order valence-electron chi connectivity index (χ0n) is 23.7. The monoisotopic (exact) mass is 643 g/mol. The highest BCUT2D eigenvalue weighted by Crippen LogP contribution is 2.34. The standard InChI is InChI=1S/C33H27Cl2N5O3S/c1-20-7-13-25(14-8-20)37-33-39-29(19-44-33)23-9-11-24(12-10-23)32(42)40-36-17-22-15-26(34)31(27(35)16-22)43-18-30(41)38-28-6-4-3-5-21(28)2/h3-17,19H,18H2,1-2H3,(H,37,39)(H,38,41)(H,40,42)/b36-17+. The van der Waals surface area contributed by atoms with E-state index < -0.39 is 0 Å². The summed E-state index contributed by atoms with van der Waals surface area (Å²) in [7, 11) is 0. The van der Waals surface area contributed by atoms with Crippen LogP contribution in [0.3, 0.4) is 0 Å². The summed E-state index contributed by atoms with van der Waals surface area (Å²) >= 11 is 14.2. The topological polar surface area (TPSA) is 105 Å². The normalized spacial score (nSPS) is 10.9. The van der Waals surface area contributed by atoms with Crippen molar-refractivity contribution in [3.8, 4) is 17.0 Å². The highest BCUT2D eigenvalue weighted by molar-refractivity contribution is 7.14. The Hall–Kier alpha value is -4.70. The Kier molecular flexibility index (Phi) is 9.91. The number of rotatable bonds is 10. The molecule has 4 aromatic carbocycles. The number of hydrazone groups is 1. The van der Waals surface area contributed by atoms with E-state index in [9.17, 15) is 9.59 Å². The minimum atomic E-state index is -0.385. The first-order chi connectivity index (χ1) is 21.2. The van der Waals surface area contributed by atoms with Crippen molar-refractivity contribution in [3.63, 3.8) is 0 Å². The van der Waals surface area contributed by atoms with E-state index in [1.807, 2.05) is 73.8 Å². The zero-order chi connectivity index (χ0) is 31.1. The van der Waals surface area contributed by atoms with E-state index in [1.165, 1.54) is 23.1 Å². The van der Waals surface area contributed by atoms with Crippen LogP contribution in [0.2, 0.25) is 10.0 Å². The van der Waals surface area contributed by atoms with Crippen LogP contribution in [0.25, 0.3) is 11.3 Å². The number of aryl methyl sites for hydroxylation is 2. The van der Waals surface area contributed by atoms with Crippen LogP contribution >= 0.6 is 34.5 Å². The number of benzene rings is 4. The van der Waals surface area contributed by atoms with Gasteiger partial charge >= 0.3 is 0 Å². The smallest absolute Gasteiger partial charge is 0.271 e. The lowest BCUT2D eigenvalue weighted by molar-refractivity contribution is -0.118. The maximum absolute atomic E-state index is 12.6. The molecule has 222 valence electrons. The largest absolute Gasteiger partial charge is 0.481 e. The number of para-hydroxylation sites is 1. The predicted molar refractivity (Wildman–Crippen MR) is 179 cm³/mol. The molecule has 3 N–H and O–H groups in total. The van der Waals surface area contributed by atoms with Crippen molar-refractivity contribution in [2.75, 3.05) is 17.2 Å². The molecular formula is C33H27Cl2N5O3S. The first-order valence-corrected chi connectivity index (χ1v) is 15.1. The summed E-state index contributed by atoms with van der Waals surface area (Å²) in [4.78, 5) is 29.6. The van der Waals surface area contributed by atoms with Gasteiger partial charge in [0.05, 0.1) is 22.0 Å². The van der Waals surface area contributed by atoms with Crippen molar-refractivity contribution in [1.29, 1.82) is 0 Å². The molecule has 0 fully saturated rings. The van der Waals surface area contributed by atoms with E-state index in [0.29, 0.717) is 16.8 Å². The first-order valence-electron chi connectivity index (χ1n) is 13.5. The van der Waals surface area contributed by atoms with Crippen LogP contribution in [-0.2, 0) is 4.79 Å². The van der Waals surface area contributed by atoms with Gasteiger partial charge in [-0.3, -0.25) is 9.59 Å². The van der Waals surface area contributed by atoms with E-state index in [4.69, 9.17) is 27.9 Å². The molecule has 8 nitrogen and oxygen atoms in total. The lowest BCUT2D eigenvalue weighted by Crippen LogP contribution is -2.20.